The van der Waals surface area contributed by atoms with E-state index in [1.54, 1.807) is 0 Å². The first kappa shape index (κ1) is 3.98. The second kappa shape index (κ2) is 2.98. The summed E-state index contributed by atoms with van der Waals surface area (Å²) in [7, 11) is 2.00. The molecule has 0 heterocycles. The van der Waals surface area contributed by atoms with Crippen LogP contribution in [0.5, 0.6) is 0 Å². The van der Waals surface area contributed by atoms with E-state index in [1.165, 1.54) is 7.11 Å². The lowest BCUT2D eigenvalue weighted by Gasteiger charge is -1.71. The molecule has 2 nitrogen and oxygen atoms in total. The van der Waals surface area contributed by atoms with Crippen LogP contribution in [0.3, 0.4) is 0 Å². The van der Waals surface area contributed by atoms with Gasteiger partial charge in [-0.05, 0) is 0 Å². The zero-order valence-corrected chi connectivity index (χ0v) is 2.43. The summed E-state index contributed by atoms with van der Waals surface area (Å²) in [6.45, 7) is 0. The normalized spacial score (nSPS) is 6.50. The quantitative estimate of drug-likeness (QED) is 0.399. The van der Waals surface area contributed by atoms with Gasteiger partial charge < -0.3 is 9.68 Å². The molecule has 1 N–H and O–H groups in total. The van der Waals surface area contributed by atoms with Crippen LogP contribution in [-0.2, 0) is 4.65 Å². The van der Waals surface area contributed by atoms with Crippen molar-refractivity contribution < 1.29 is 9.68 Å². The Morgan fingerprint density at radius 3 is 2.25 bits per heavy atom. The zero-order chi connectivity index (χ0) is 3.41. The van der Waals surface area contributed by atoms with Crippen molar-refractivity contribution in [2.75, 3.05) is 7.11 Å². The van der Waals surface area contributed by atoms with Gasteiger partial charge in [-0.1, -0.05) is 0 Å². The molecule has 0 unspecified atom stereocenters. The molecular formula is CH4BO2. The van der Waals surface area contributed by atoms with Crippen molar-refractivity contribution in [3.8, 4) is 0 Å². The molecule has 0 amide bonds. The van der Waals surface area contributed by atoms with Gasteiger partial charge in [0.2, 0.25) is 0 Å². The molecule has 0 rings (SSSR count). The Morgan fingerprint density at radius 1 is 2.00 bits per heavy atom. The Labute approximate surface area is 25.7 Å². The van der Waals surface area contributed by atoms with Crippen molar-refractivity contribution in [2.45, 2.75) is 0 Å². The molecule has 0 fully saturated rings. The summed E-state index contributed by atoms with van der Waals surface area (Å²) < 4.78 is 3.97. The average Bonchev–Trinajstić information content (AvgIpc) is 1.37. The van der Waals surface area contributed by atoms with Crippen LogP contribution in [0.15, 0.2) is 0 Å². The number of hydrogen-bond acceptors (Lipinski definition) is 2. The first-order valence-electron chi connectivity index (χ1n) is 0.902. The Bertz CT molecular complexity index is 8.00. The minimum atomic E-state index is 0.625. The monoisotopic (exact) mass is 59.0 g/mol. The van der Waals surface area contributed by atoms with Crippen molar-refractivity contribution >= 4 is 7.69 Å². The summed E-state index contributed by atoms with van der Waals surface area (Å²) in [6, 6.07) is 0. The van der Waals surface area contributed by atoms with E-state index >= 15 is 0 Å². The topological polar surface area (TPSA) is 29.5 Å². The van der Waals surface area contributed by atoms with E-state index in [0.717, 1.165) is 0 Å². The molecule has 0 aromatic rings. The summed E-state index contributed by atoms with van der Waals surface area (Å²) >= 11 is 0. The standard InChI is InChI=1S/CH4BO2/c1-4-2-3/h3H,1H3. The SMILES string of the molecule is CO[B]O. The molecule has 0 aliphatic carbocycles. The zero-order valence-electron chi connectivity index (χ0n) is 2.43. The van der Waals surface area contributed by atoms with Crippen LogP contribution >= 0.6 is 0 Å². The highest BCUT2D eigenvalue weighted by molar-refractivity contribution is 6.15. The lowest BCUT2D eigenvalue weighted by molar-refractivity contribution is 0.360. The average molecular weight is 58.9 g/mol. The molecule has 23 valence electrons. The molecule has 1 radical (unpaired) electrons. The molecule has 0 atom stereocenters. The third-order valence-corrected chi connectivity index (χ3v) is 0.105. The molecule has 0 spiro atoms. The van der Waals surface area contributed by atoms with E-state index in [4.69, 9.17) is 5.02 Å². The molecule has 0 saturated heterocycles. The van der Waals surface area contributed by atoms with Crippen LogP contribution in [-0.4, -0.2) is 19.8 Å². The van der Waals surface area contributed by atoms with E-state index in [2.05, 4.69) is 4.65 Å². The summed E-state index contributed by atoms with van der Waals surface area (Å²) in [5, 5.41) is 7.53. The Kier molecular flexibility index (Phi) is 2.97. The van der Waals surface area contributed by atoms with Crippen molar-refractivity contribution in [1.82, 2.24) is 0 Å². The van der Waals surface area contributed by atoms with E-state index in [-0.39, 0.29) is 0 Å². The minimum Gasteiger partial charge on any atom is -0.429 e. The Balaban J connectivity index is 1.97. The predicted molar refractivity (Wildman–Crippen MR) is 15.0 cm³/mol. The van der Waals surface area contributed by atoms with Crippen molar-refractivity contribution in [3.63, 3.8) is 0 Å². The van der Waals surface area contributed by atoms with Gasteiger partial charge in [-0.3, -0.25) is 0 Å². The first-order chi connectivity index (χ1) is 1.91. The molecule has 3 heteroatoms. The van der Waals surface area contributed by atoms with E-state index < -0.39 is 0 Å². The Hall–Kier alpha value is -0.0151. The van der Waals surface area contributed by atoms with Crippen molar-refractivity contribution in [3.05, 3.63) is 0 Å². The van der Waals surface area contributed by atoms with E-state index in [1.807, 2.05) is 0 Å². The highest BCUT2D eigenvalue weighted by Gasteiger charge is 1.65. The molecule has 0 aromatic carbocycles. The maximum Gasteiger partial charge on any atom is 0.484 e. The fourth-order valence-corrected chi connectivity index (χ4v) is 0. The van der Waals surface area contributed by atoms with Gasteiger partial charge in [0.05, 0.1) is 0 Å². The molecule has 0 aliphatic heterocycles. The van der Waals surface area contributed by atoms with Gasteiger partial charge in [0, 0.05) is 7.11 Å². The number of hydrogen-bond donors (Lipinski definition) is 1. The summed E-state index contributed by atoms with van der Waals surface area (Å²) in [5.41, 5.74) is 0. The van der Waals surface area contributed by atoms with E-state index in [0.29, 0.717) is 7.69 Å². The van der Waals surface area contributed by atoms with Gasteiger partial charge in [-0.15, -0.1) is 0 Å². The minimum absolute atomic E-state index is 0.625. The van der Waals surface area contributed by atoms with Crippen molar-refractivity contribution in [1.29, 1.82) is 0 Å². The predicted octanol–water partition coefficient (Wildman–Crippen LogP) is -0.841. The van der Waals surface area contributed by atoms with Crippen LogP contribution in [0.25, 0.3) is 0 Å². The maximum absolute atomic E-state index is 7.53. The molecule has 0 saturated carbocycles. The Morgan fingerprint density at radius 2 is 2.25 bits per heavy atom. The lowest BCUT2D eigenvalue weighted by Crippen LogP contribution is -1.86. The van der Waals surface area contributed by atoms with Gasteiger partial charge in [0.25, 0.3) is 0 Å². The molecule has 0 aliphatic rings. The van der Waals surface area contributed by atoms with Crippen LogP contribution in [0.1, 0.15) is 0 Å². The van der Waals surface area contributed by atoms with Gasteiger partial charge in [0.15, 0.2) is 0 Å². The summed E-state index contributed by atoms with van der Waals surface area (Å²) in [6.07, 6.45) is 0. The van der Waals surface area contributed by atoms with Gasteiger partial charge in [-0.2, -0.15) is 0 Å². The van der Waals surface area contributed by atoms with Crippen LogP contribution in [0.4, 0.5) is 0 Å². The largest absolute Gasteiger partial charge is 0.484 e. The second-order valence-corrected chi connectivity index (χ2v) is 0.341. The van der Waals surface area contributed by atoms with Gasteiger partial charge >= 0.3 is 7.69 Å². The molecule has 0 aromatic heterocycles. The summed E-state index contributed by atoms with van der Waals surface area (Å²) in [4.78, 5) is 0. The van der Waals surface area contributed by atoms with Crippen molar-refractivity contribution in [2.24, 2.45) is 0 Å². The maximum atomic E-state index is 7.53. The second-order valence-electron chi connectivity index (χ2n) is 0.341. The molecule has 4 heavy (non-hydrogen) atoms. The smallest absolute Gasteiger partial charge is 0.429 e. The fraction of sp³-hybridized carbons (Fsp3) is 1.00. The third-order valence-electron chi connectivity index (χ3n) is 0.105. The van der Waals surface area contributed by atoms with Crippen LogP contribution in [0, 0.1) is 0 Å². The van der Waals surface area contributed by atoms with Gasteiger partial charge in [-0.25, -0.2) is 0 Å². The molecular weight excluding hydrogens is 54.8 g/mol. The summed E-state index contributed by atoms with van der Waals surface area (Å²) in [5.74, 6) is 0. The number of rotatable bonds is 1. The van der Waals surface area contributed by atoms with E-state index in [9.17, 15) is 0 Å². The van der Waals surface area contributed by atoms with Gasteiger partial charge in [0.1, 0.15) is 0 Å². The fourth-order valence-electron chi connectivity index (χ4n) is 0. The highest BCUT2D eigenvalue weighted by atomic mass is 16.5. The lowest BCUT2D eigenvalue weighted by atomic mass is 10.4. The first-order valence-corrected chi connectivity index (χ1v) is 0.902. The van der Waals surface area contributed by atoms with Crippen LogP contribution < -0.4 is 0 Å². The third kappa shape index (κ3) is 1.98. The highest BCUT2D eigenvalue weighted by Crippen LogP contribution is 1.40. The van der Waals surface area contributed by atoms with Crippen LogP contribution in [0.2, 0.25) is 0 Å². The molecule has 0 bridgehead atoms.